The number of hydrogen-bond donors (Lipinski definition) is 1. The number of aromatic nitrogens is 3. The third-order valence-electron chi connectivity index (χ3n) is 5.74. The van der Waals surface area contributed by atoms with Crippen molar-refractivity contribution in [3.8, 4) is 33.6 Å². The van der Waals surface area contributed by atoms with Crippen molar-refractivity contribution in [2.24, 2.45) is 7.05 Å². The molecule has 5 aromatic rings. The van der Waals surface area contributed by atoms with E-state index in [9.17, 15) is 5.11 Å². The van der Waals surface area contributed by atoms with Crippen LogP contribution in [0.2, 0.25) is 20.2 Å². The van der Waals surface area contributed by atoms with Gasteiger partial charge in [0.25, 0.3) is 0 Å². The van der Waals surface area contributed by atoms with Crippen LogP contribution in [-0.4, -0.2) is 19.6 Å². The van der Waals surface area contributed by atoms with Gasteiger partial charge in [0.2, 0.25) is 0 Å². The molecule has 0 atom stereocenters. The quantitative estimate of drug-likeness (QED) is 0.240. The third-order valence-corrected chi connectivity index (χ3v) is 6.99. The monoisotopic (exact) mass is 527 g/mol. The second kappa shape index (κ2) is 9.21. The topological polar surface area (TPSA) is 50.9 Å². The fourth-order valence-corrected chi connectivity index (χ4v) is 5.10. The molecule has 0 unspecified atom stereocenters. The Balaban J connectivity index is 1.75. The maximum absolute atomic E-state index is 9.87. The van der Waals surface area contributed by atoms with Crippen molar-refractivity contribution in [3.63, 3.8) is 0 Å². The standard InChI is InChI=1S/C26H17Cl4N3O/c1-33-21(13-34)32-24(25(33)14-6-9-16(27)10-7-14)15-8-11-20-18(12-15)23(29)22(26(30)31-20)17-4-2-3-5-19(17)28/h2-12,34H,13H2,1H3. The van der Waals surface area contributed by atoms with Gasteiger partial charge in [0, 0.05) is 44.7 Å². The summed E-state index contributed by atoms with van der Waals surface area (Å²) in [6.07, 6.45) is 0. The van der Waals surface area contributed by atoms with Gasteiger partial charge in [0.05, 0.1) is 21.9 Å². The molecule has 0 bridgehead atoms. The van der Waals surface area contributed by atoms with Gasteiger partial charge >= 0.3 is 0 Å². The van der Waals surface area contributed by atoms with Crippen molar-refractivity contribution in [3.05, 3.63) is 92.8 Å². The van der Waals surface area contributed by atoms with E-state index in [1.54, 1.807) is 6.07 Å². The molecule has 0 radical (unpaired) electrons. The first kappa shape index (κ1) is 23.2. The highest BCUT2D eigenvalue weighted by Crippen LogP contribution is 2.42. The summed E-state index contributed by atoms with van der Waals surface area (Å²) in [5.74, 6) is 0.539. The Morgan fingerprint density at radius 3 is 2.26 bits per heavy atom. The fourth-order valence-electron chi connectivity index (χ4n) is 4.06. The Morgan fingerprint density at radius 2 is 1.56 bits per heavy atom. The lowest BCUT2D eigenvalue weighted by Crippen LogP contribution is -1.99. The maximum atomic E-state index is 9.87. The van der Waals surface area contributed by atoms with E-state index in [0.717, 1.165) is 22.2 Å². The largest absolute Gasteiger partial charge is 0.388 e. The number of aliphatic hydroxyl groups is 1. The minimum atomic E-state index is -0.195. The molecule has 0 saturated carbocycles. The van der Waals surface area contributed by atoms with Crippen molar-refractivity contribution < 1.29 is 5.11 Å². The number of imidazole rings is 1. The van der Waals surface area contributed by atoms with E-state index >= 15 is 0 Å². The van der Waals surface area contributed by atoms with E-state index in [4.69, 9.17) is 51.4 Å². The van der Waals surface area contributed by atoms with Crippen LogP contribution in [-0.2, 0) is 13.7 Å². The zero-order valence-electron chi connectivity index (χ0n) is 17.9. The average Bonchev–Trinajstić information content (AvgIpc) is 3.17. The van der Waals surface area contributed by atoms with Crippen molar-refractivity contribution >= 4 is 57.3 Å². The van der Waals surface area contributed by atoms with Crippen LogP contribution in [0.15, 0.2) is 66.7 Å². The van der Waals surface area contributed by atoms with Crippen molar-refractivity contribution in [2.45, 2.75) is 6.61 Å². The van der Waals surface area contributed by atoms with Crippen LogP contribution in [0.3, 0.4) is 0 Å². The molecule has 170 valence electrons. The zero-order valence-corrected chi connectivity index (χ0v) is 20.9. The summed E-state index contributed by atoms with van der Waals surface area (Å²) in [6.45, 7) is -0.195. The number of pyridine rings is 1. The average molecular weight is 529 g/mol. The second-order valence-corrected chi connectivity index (χ2v) is 9.33. The fraction of sp³-hybridized carbons (Fsp3) is 0.0769. The molecule has 0 fully saturated rings. The number of aliphatic hydroxyl groups excluding tert-OH is 1. The summed E-state index contributed by atoms with van der Waals surface area (Å²) in [5, 5.41) is 12.5. The molecular weight excluding hydrogens is 512 g/mol. The van der Waals surface area contributed by atoms with Crippen LogP contribution < -0.4 is 0 Å². The third kappa shape index (κ3) is 3.96. The van der Waals surface area contributed by atoms with E-state index < -0.39 is 0 Å². The highest BCUT2D eigenvalue weighted by molar-refractivity contribution is 6.43. The minimum Gasteiger partial charge on any atom is -0.388 e. The van der Waals surface area contributed by atoms with Crippen LogP contribution in [0.25, 0.3) is 44.5 Å². The van der Waals surface area contributed by atoms with Gasteiger partial charge < -0.3 is 9.67 Å². The molecule has 0 aliphatic heterocycles. The molecular formula is C26H17Cl4N3O. The molecule has 34 heavy (non-hydrogen) atoms. The van der Waals surface area contributed by atoms with Gasteiger partial charge in [0.1, 0.15) is 17.6 Å². The summed E-state index contributed by atoms with van der Waals surface area (Å²) in [7, 11) is 1.87. The first-order valence-corrected chi connectivity index (χ1v) is 11.9. The van der Waals surface area contributed by atoms with Crippen LogP contribution in [0.5, 0.6) is 0 Å². The van der Waals surface area contributed by atoms with Crippen LogP contribution in [0.1, 0.15) is 5.82 Å². The summed E-state index contributed by atoms with van der Waals surface area (Å²) in [6, 6.07) is 20.6. The summed E-state index contributed by atoms with van der Waals surface area (Å²) in [4.78, 5) is 9.28. The number of nitrogens with zero attached hydrogens (tertiary/aromatic N) is 3. The maximum Gasteiger partial charge on any atom is 0.139 e. The Bertz CT molecular complexity index is 1540. The molecule has 2 aromatic heterocycles. The van der Waals surface area contributed by atoms with E-state index in [-0.39, 0.29) is 11.8 Å². The molecule has 4 nitrogen and oxygen atoms in total. The first-order chi connectivity index (χ1) is 16.4. The highest BCUT2D eigenvalue weighted by atomic mass is 35.5. The first-order valence-electron chi connectivity index (χ1n) is 10.4. The number of rotatable bonds is 4. The molecule has 1 N–H and O–H groups in total. The van der Waals surface area contributed by atoms with Gasteiger partial charge in [-0.2, -0.15) is 0 Å². The summed E-state index contributed by atoms with van der Waals surface area (Å²) >= 11 is 25.9. The molecule has 3 aromatic carbocycles. The van der Waals surface area contributed by atoms with Gasteiger partial charge in [-0.15, -0.1) is 0 Å². The molecule has 0 aliphatic rings. The molecule has 2 heterocycles. The van der Waals surface area contributed by atoms with Crippen molar-refractivity contribution in [1.29, 1.82) is 0 Å². The van der Waals surface area contributed by atoms with Crippen LogP contribution in [0, 0.1) is 0 Å². The van der Waals surface area contributed by atoms with E-state index in [1.807, 2.05) is 72.3 Å². The smallest absolute Gasteiger partial charge is 0.139 e. The molecule has 0 amide bonds. The Morgan fingerprint density at radius 1 is 0.853 bits per heavy atom. The van der Waals surface area contributed by atoms with E-state index in [2.05, 4.69) is 4.98 Å². The van der Waals surface area contributed by atoms with Gasteiger partial charge in [-0.1, -0.05) is 82.8 Å². The summed E-state index contributed by atoms with van der Waals surface area (Å²) < 4.78 is 1.87. The number of hydrogen-bond acceptors (Lipinski definition) is 3. The van der Waals surface area contributed by atoms with Gasteiger partial charge in [-0.3, -0.25) is 0 Å². The number of halogens is 4. The molecule has 5 rings (SSSR count). The minimum absolute atomic E-state index is 0.195. The van der Waals surface area contributed by atoms with Gasteiger partial charge in [0.15, 0.2) is 0 Å². The van der Waals surface area contributed by atoms with E-state index in [1.165, 1.54) is 0 Å². The molecule has 0 spiro atoms. The zero-order chi connectivity index (χ0) is 24.0. The SMILES string of the molecule is Cn1c(CO)nc(-c2ccc3nc(Cl)c(-c4ccccc4Cl)c(Cl)c3c2)c1-c1ccc(Cl)cc1. The Kier molecular flexibility index (Phi) is 6.28. The highest BCUT2D eigenvalue weighted by Gasteiger charge is 2.21. The normalized spacial score (nSPS) is 11.4. The Hall–Kier alpha value is -2.60. The van der Waals surface area contributed by atoms with E-state index in [0.29, 0.717) is 43.2 Å². The predicted octanol–water partition coefficient (Wildman–Crippen LogP) is 8.08. The van der Waals surface area contributed by atoms with Crippen LogP contribution >= 0.6 is 46.4 Å². The second-order valence-electron chi connectivity index (χ2n) is 7.75. The van der Waals surface area contributed by atoms with Crippen molar-refractivity contribution in [1.82, 2.24) is 14.5 Å². The van der Waals surface area contributed by atoms with Gasteiger partial charge in [-0.05, 0) is 30.3 Å². The molecule has 0 saturated heterocycles. The predicted molar refractivity (Wildman–Crippen MR) is 141 cm³/mol. The van der Waals surface area contributed by atoms with Crippen LogP contribution in [0.4, 0.5) is 0 Å². The molecule has 8 heteroatoms. The lowest BCUT2D eigenvalue weighted by molar-refractivity contribution is 0.267. The Labute approximate surface area is 216 Å². The number of benzene rings is 3. The molecule has 0 aliphatic carbocycles. The number of fused-ring (bicyclic) bond motifs is 1. The summed E-state index contributed by atoms with van der Waals surface area (Å²) in [5.41, 5.74) is 5.25. The van der Waals surface area contributed by atoms with Crippen molar-refractivity contribution in [2.75, 3.05) is 0 Å². The lowest BCUT2D eigenvalue weighted by Gasteiger charge is -2.13. The lowest BCUT2D eigenvalue weighted by atomic mass is 10.0. The van der Waals surface area contributed by atoms with Gasteiger partial charge in [-0.25, -0.2) is 9.97 Å².